The van der Waals surface area contributed by atoms with Crippen molar-refractivity contribution in [3.63, 3.8) is 0 Å². The topological polar surface area (TPSA) is 74.3 Å². The number of nitrogens with one attached hydrogen (secondary N) is 2. The largest absolute Gasteiger partial charge is 0.353 e. The number of hydrogen-bond acceptors (Lipinski definition) is 5. The predicted molar refractivity (Wildman–Crippen MR) is 85.8 cm³/mol. The molecule has 1 aromatic carbocycles. The molecule has 0 unspecified atom stereocenters. The smallest absolute Gasteiger partial charge is 0.273 e. The van der Waals surface area contributed by atoms with E-state index < -0.39 is 0 Å². The summed E-state index contributed by atoms with van der Waals surface area (Å²) in [5.74, 6) is -0.377. The van der Waals surface area contributed by atoms with E-state index in [1.54, 1.807) is 17.5 Å². The van der Waals surface area contributed by atoms with Crippen molar-refractivity contribution < 1.29 is 9.59 Å². The van der Waals surface area contributed by atoms with Crippen molar-refractivity contribution in [1.82, 2.24) is 15.2 Å². The van der Waals surface area contributed by atoms with Crippen molar-refractivity contribution >= 4 is 45.6 Å². The van der Waals surface area contributed by atoms with Gasteiger partial charge in [0.05, 0.1) is 6.54 Å². The molecule has 2 amide bonds. The van der Waals surface area contributed by atoms with Gasteiger partial charge in [-0.2, -0.15) is 0 Å². The van der Waals surface area contributed by atoms with E-state index >= 15 is 0 Å². The molecule has 1 fully saturated rings. The number of carbonyl (C=O) groups excluding carboxylic acids is 2. The Balaban J connectivity index is 1.70. The maximum absolute atomic E-state index is 12.3. The van der Waals surface area contributed by atoms with Gasteiger partial charge in [0.25, 0.3) is 5.91 Å². The second-order valence-corrected chi connectivity index (χ2v) is 6.04. The van der Waals surface area contributed by atoms with E-state index in [9.17, 15) is 9.59 Å². The van der Waals surface area contributed by atoms with Gasteiger partial charge in [0.2, 0.25) is 5.91 Å². The molecule has 8 heteroatoms. The summed E-state index contributed by atoms with van der Waals surface area (Å²) >= 11 is 7.26. The average molecular weight is 337 g/mol. The first-order chi connectivity index (χ1) is 10.6. The highest BCUT2D eigenvalue weighted by atomic mass is 35.5. The van der Waals surface area contributed by atoms with Gasteiger partial charge in [-0.05, 0) is 18.2 Å². The molecule has 2 aromatic rings. The van der Waals surface area contributed by atoms with Crippen molar-refractivity contribution in [3.8, 4) is 0 Å². The van der Waals surface area contributed by atoms with E-state index in [1.807, 2.05) is 12.1 Å². The number of hydrogen-bond donors (Lipinski definition) is 2. The summed E-state index contributed by atoms with van der Waals surface area (Å²) in [7, 11) is 0. The van der Waals surface area contributed by atoms with Gasteiger partial charge in [0.1, 0.15) is 5.69 Å². The summed E-state index contributed by atoms with van der Waals surface area (Å²) < 4.78 is 0. The van der Waals surface area contributed by atoms with E-state index in [1.165, 1.54) is 16.2 Å². The molecule has 1 aliphatic heterocycles. The Kier molecular flexibility index (Phi) is 4.26. The summed E-state index contributed by atoms with van der Waals surface area (Å²) in [6.45, 7) is 1.05. The third-order valence-electron chi connectivity index (χ3n) is 3.12. The number of piperazine rings is 1. The number of anilines is 2. The summed E-state index contributed by atoms with van der Waals surface area (Å²) in [4.78, 5) is 29.4. The summed E-state index contributed by atoms with van der Waals surface area (Å²) in [5.41, 5.74) is 1.14. The van der Waals surface area contributed by atoms with Crippen LogP contribution in [-0.4, -0.2) is 41.3 Å². The van der Waals surface area contributed by atoms with Gasteiger partial charge in [-0.1, -0.05) is 17.7 Å². The molecule has 3 rings (SSSR count). The molecule has 6 nitrogen and oxygen atoms in total. The fourth-order valence-electron chi connectivity index (χ4n) is 2.09. The second-order valence-electron chi connectivity index (χ2n) is 4.75. The summed E-state index contributed by atoms with van der Waals surface area (Å²) in [6.07, 6.45) is 0. The number of carbonyl (C=O) groups is 2. The Labute approximate surface area is 136 Å². The predicted octanol–water partition coefficient (Wildman–Crippen LogP) is 2.11. The lowest BCUT2D eigenvalue weighted by Crippen LogP contribution is -2.50. The maximum atomic E-state index is 12.3. The molecule has 0 radical (unpaired) electrons. The van der Waals surface area contributed by atoms with Crippen LogP contribution in [0.3, 0.4) is 0 Å². The molecule has 1 saturated heterocycles. The number of amides is 2. The lowest BCUT2D eigenvalue weighted by atomic mass is 10.3. The van der Waals surface area contributed by atoms with Crippen molar-refractivity contribution in [1.29, 1.82) is 0 Å². The zero-order chi connectivity index (χ0) is 15.5. The molecule has 0 aliphatic carbocycles. The lowest BCUT2D eigenvalue weighted by molar-refractivity contribution is -0.123. The van der Waals surface area contributed by atoms with Crippen LogP contribution in [0.4, 0.5) is 10.8 Å². The molecule has 114 valence electrons. The summed E-state index contributed by atoms with van der Waals surface area (Å²) in [5, 5.41) is 8.70. The minimum Gasteiger partial charge on any atom is -0.353 e. The molecule has 0 atom stereocenters. The van der Waals surface area contributed by atoms with E-state index in [2.05, 4.69) is 15.6 Å². The highest BCUT2D eigenvalue weighted by Gasteiger charge is 2.24. The minimum absolute atomic E-state index is 0.0768. The molecule has 2 N–H and O–H groups in total. The van der Waals surface area contributed by atoms with Crippen LogP contribution in [0.15, 0.2) is 29.6 Å². The third-order valence-corrected chi connectivity index (χ3v) is 4.12. The van der Waals surface area contributed by atoms with E-state index in [-0.39, 0.29) is 18.4 Å². The quantitative estimate of drug-likeness (QED) is 0.900. The average Bonchev–Trinajstić information content (AvgIpc) is 2.95. The van der Waals surface area contributed by atoms with Crippen LogP contribution >= 0.6 is 22.9 Å². The Morgan fingerprint density at radius 2 is 2.32 bits per heavy atom. The van der Waals surface area contributed by atoms with Crippen molar-refractivity contribution in [3.05, 3.63) is 40.4 Å². The number of rotatable bonds is 3. The van der Waals surface area contributed by atoms with Gasteiger partial charge in [-0.3, -0.25) is 9.59 Å². The van der Waals surface area contributed by atoms with E-state index in [4.69, 9.17) is 11.6 Å². The van der Waals surface area contributed by atoms with Crippen molar-refractivity contribution in [2.75, 3.05) is 25.0 Å². The van der Waals surface area contributed by atoms with Gasteiger partial charge in [0.15, 0.2) is 5.13 Å². The van der Waals surface area contributed by atoms with Crippen LogP contribution in [0, 0.1) is 0 Å². The van der Waals surface area contributed by atoms with Gasteiger partial charge in [0, 0.05) is 29.2 Å². The number of aromatic nitrogens is 1. The Hall–Kier alpha value is -2.12. The minimum atomic E-state index is -0.231. The van der Waals surface area contributed by atoms with Crippen LogP contribution in [0.1, 0.15) is 10.5 Å². The van der Waals surface area contributed by atoms with E-state index in [0.717, 1.165) is 5.69 Å². The monoisotopic (exact) mass is 336 g/mol. The zero-order valence-corrected chi connectivity index (χ0v) is 13.1. The highest BCUT2D eigenvalue weighted by molar-refractivity contribution is 7.14. The molecule has 2 heterocycles. The summed E-state index contributed by atoms with van der Waals surface area (Å²) in [6, 6.07) is 7.25. The molecule has 0 spiro atoms. The SMILES string of the molecule is O=C1CN(C(=O)c2csc(Nc3cccc(Cl)c3)n2)CCN1. The maximum Gasteiger partial charge on any atom is 0.273 e. The van der Waals surface area contributed by atoms with Gasteiger partial charge < -0.3 is 15.5 Å². The Bertz CT molecular complexity index is 718. The van der Waals surface area contributed by atoms with Crippen LogP contribution in [0.25, 0.3) is 0 Å². The zero-order valence-electron chi connectivity index (χ0n) is 11.5. The molecular weight excluding hydrogens is 324 g/mol. The fraction of sp³-hybridized carbons (Fsp3) is 0.214. The Morgan fingerprint density at radius 1 is 1.45 bits per heavy atom. The number of halogens is 1. The van der Waals surface area contributed by atoms with Crippen LogP contribution in [0.5, 0.6) is 0 Å². The van der Waals surface area contributed by atoms with Crippen LogP contribution in [0.2, 0.25) is 5.02 Å². The molecule has 0 saturated carbocycles. The first-order valence-electron chi connectivity index (χ1n) is 6.66. The number of nitrogens with zero attached hydrogens (tertiary/aromatic N) is 2. The molecule has 1 aliphatic rings. The standard InChI is InChI=1S/C14H13ClN4O2S/c15-9-2-1-3-10(6-9)17-14-18-11(8-22-14)13(21)19-5-4-16-12(20)7-19/h1-3,6,8H,4-5,7H2,(H,16,20)(H,17,18). The van der Waals surface area contributed by atoms with E-state index in [0.29, 0.717) is 28.9 Å². The van der Waals surface area contributed by atoms with Gasteiger partial charge in [-0.25, -0.2) is 4.98 Å². The van der Waals surface area contributed by atoms with Crippen molar-refractivity contribution in [2.24, 2.45) is 0 Å². The number of benzene rings is 1. The molecule has 0 bridgehead atoms. The number of thiazole rings is 1. The normalized spacial score (nSPS) is 14.6. The highest BCUT2D eigenvalue weighted by Crippen LogP contribution is 2.23. The van der Waals surface area contributed by atoms with Crippen LogP contribution < -0.4 is 10.6 Å². The molecular formula is C14H13ClN4O2S. The molecule has 22 heavy (non-hydrogen) atoms. The molecule has 1 aromatic heterocycles. The lowest BCUT2D eigenvalue weighted by Gasteiger charge is -2.25. The fourth-order valence-corrected chi connectivity index (χ4v) is 2.99. The van der Waals surface area contributed by atoms with Gasteiger partial charge >= 0.3 is 0 Å². The Morgan fingerprint density at radius 3 is 3.09 bits per heavy atom. The first kappa shape index (κ1) is 14.8. The van der Waals surface area contributed by atoms with Crippen molar-refractivity contribution in [2.45, 2.75) is 0 Å². The third kappa shape index (κ3) is 3.37. The van der Waals surface area contributed by atoms with Gasteiger partial charge in [-0.15, -0.1) is 11.3 Å². The second kappa shape index (κ2) is 6.33. The first-order valence-corrected chi connectivity index (χ1v) is 7.92. The van der Waals surface area contributed by atoms with Crippen LogP contribution in [-0.2, 0) is 4.79 Å².